The van der Waals surface area contributed by atoms with E-state index >= 15 is 0 Å². The summed E-state index contributed by atoms with van der Waals surface area (Å²) >= 11 is 9.20. The number of hydrogen-bond donors (Lipinski definition) is 0. The van der Waals surface area contributed by atoms with E-state index in [0.29, 0.717) is 0 Å². The molecule has 0 bridgehead atoms. The zero-order chi connectivity index (χ0) is 7.56. The minimum atomic E-state index is 0.838. The molecule has 10 heavy (non-hydrogen) atoms. The van der Waals surface area contributed by atoms with E-state index in [9.17, 15) is 0 Å². The quantitative estimate of drug-likeness (QED) is 0.634. The molecule has 0 N–H and O–H groups in total. The first-order valence-electron chi connectivity index (χ1n) is 3.05. The third-order valence-corrected chi connectivity index (χ3v) is 2.45. The van der Waals surface area contributed by atoms with E-state index in [2.05, 4.69) is 22.0 Å². The summed E-state index contributed by atoms with van der Waals surface area (Å²) in [7, 11) is 0. The molecular weight excluding hydrogens is 211 g/mol. The van der Waals surface area contributed by atoms with Crippen molar-refractivity contribution in [3.63, 3.8) is 0 Å². The van der Waals surface area contributed by atoms with Gasteiger partial charge in [-0.15, -0.1) is 0 Å². The van der Waals surface area contributed by atoms with Gasteiger partial charge >= 0.3 is 0 Å². The number of hydrogen-bond acceptors (Lipinski definition) is 0. The van der Waals surface area contributed by atoms with Crippen LogP contribution in [-0.2, 0) is 5.33 Å². The average Bonchev–Trinajstić information content (AvgIpc) is 1.95. The van der Waals surface area contributed by atoms with Gasteiger partial charge in [-0.1, -0.05) is 39.7 Å². The summed E-state index contributed by atoms with van der Waals surface area (Å²) in [5.74, 6) is 0. The van der Waals surface area contributed by atoms with Crippen LogP contribution in [0, 0.1) is 6.92 Å². The van der Waals surface area contributed by atoms with Crippen molar-refractivity contribution >= 4 is 27.5 Å². The molecule has 0 saturated heterocycles. The third kappa shape index (κ3) is 1.74. The average molecular weight is 220 g/mol. The van der Waals surface area contributed by atoms with E-state index in [0.717, 1.165) is 15.9 Å². The predicted octanol–water partition coefficient (Wildman–Crippen LogP) is 3.54. The first kappa shape index (κ1) is 8.09. The van der Waals surface area contributed by atoms with Gasteiger partial charge in [-0.3, -0.25) is 0 Å². The van der Waals surface area contributed by atoms with Crippen molar-refractivity contribution in [1.29, 1.82) is 0 Å². The molecule has 0 atom stereocenters. The first-order valence-corrected chi connectivity index (χ1v) is 4.55. The summed E-state index contributed by atoms with van der Waals surface area (Å²) in [6.45, 7) is 2.01. The van der Waals surface area contributed by atoms with Gasteiger partial charge in [-0.05, 0) is 24.1 Å². The molecule has 2 heteroatoms. The van der Waals surface area contributed by atoms with Crippen LogP contribution in [0.5, 0.6) is 0 Å². The molecule has 0 saturated carbocycles. The zero-order valence-corrected chi connectivity index (χ0v) is 8.04. The van der Waals surface area contributed by atoms with Crippen molar-refractivity contribution in [2.45, 2.75) is 12.3 Å². The number of halogens is 2. The van der Waals surface area contributed by atoms with Crippen LogP contribution < -0.4 is 0 Å². The van der Waals surface area contributed by atoms with Gasteiger partial charge in [0.05, 0.1) is 0 Å². The molecule has 0 aliphatic rings. The third-order valence-electron chi connectivity index (χ3n) is 1.38. The first-order chi connectivity index (χ1) is 4.74. The highest BCUT2D eigenvalue weighted by Crippen LogP contribution is 2.17. The van der Waals surface area contributed by atoms with Crippen LogP contribution in [0.2, 0.25) is 5.02 Å². The summed E-state index contributed by atoms with van der Waals surface area (Å²) in [5.41, 5.74) is 2.40. The van der Waals surface area contributed by atoms with Gasteiger partial charge in [0.2, 0.25) is 0 Å². The Balaban J connectivity index is 3.04. The second-order valence-electron chi connectivity index (χ2n) is 2.22. The van der Waals surface area contributed by atoms with E-state index in [4.69, 9.17) is 11.6 Å². The molecule has 0 aliphatic carbocycles. The van der Waals surface area contributed by atoms with Gasteiger partial charge in [-0.25, -0.2) is 0 Å². The summed E-state index contributed by atoms with van der Waals surface area (Å²) < 4.78 is 0. The van der Waals surface area contributed by atoms with Gasteiger partial charge < -0.3 is 0 Å². The SMILES string of the molecule is Cc1cc(CBr)ccc1Cl. The molecule has 0 unspecified atom stereocenters. The topological polar surface area (TPSA) is 0 Å². The van der Waals surface area contributed by atoms with Crippen molar-refractivity contribution in [3.05, 3.63) is 34.3 Å². The lowest BCUT2D eigenvalue weighted by molar-refractivity contribution is 1.37. The number of rotatable bonds is 1. The lowest BCUT2D eigenvalue weighted by atomic mass is 10.2. The van der Waals surface area contributed by atoms with E-state index in [1.54, 1.807) is 0 Å². The molecule has 54 valence electrons. The Labute approximate surface area is 74.3 Å². The molecule has 0 spiro atoms. The van der Waals surface area contributed by atoms with Crippen LogP contribution in [0.15, 0.2) is 18.2 Å². The lowest BCUT2D eigenvalue weighted by Crippen LogP contribution is -1.79. The Hall–Kier alpha value is -0.0100. The maximum Gasteiger partial charge on any atom is 0.0435 e. The van der Waals surface area contributed by atoms with Crippen molar-refractivity contribution in [2.24, 2.45) is 0 Å². The van der Waals surface area contributed by atoms with Crippen LogP contribution in [0.25, 0.3) is 0 Å². The Morgan fingerprint density at radius 1 is 1.50 bits per heavy atom. The standard InChI is InChI=1S/C8H8BrCl/c1-6-4-7(5-9)2-3-8(6)10/h2-4H,5H2,1H3. The van der Waals surface area contributed by atoms with Crippen molar-refractivity contribution in [1.82, 2.24) is 0 Å². The largest absolute Gasteiger partial charge is 0.0876 e. The van der Waals surface area contributed by atoms with Gasteiger partial charge in [0.15, 0.2) is 0 Å². The summed E-state index contributed by atoms with van der Waals surface area (Å²) in [6.07, 6.45) is 0. The summed E-state index contributed by atoms with van der Waals surface area (Å²) in [6, 6.07) is 6.02. The van der Waals surface area contributed by atoms with E-state index in [1.165, 1.54) is 5.56 Å². The van der Waals surface area contributed by atoms with Gasteiger partial charge in [0.1, 0.15) is 0 Å². The fourth-order valence-electron chi connectivity index (χ4n) is 0.790. The lowest BCUT2D eigenvalue weighted by Gasteiger charge is -1.98. The molecule has 0 amide bonds. The molecule has 0 aliphatic heterocycles. The Bertz CT molecular complexity index is 233. The molecule has 1 aromatic carbocycles. The summed E-state index contributed by atoms with van der Waals surface area (Å²) in [4.78, 5) is 0. The number of aryl methyl sites for hydroxylation is 1. The smallest absolute Gasteiger partial charge is 0.0435 e. The highest BCUT2D eigenvalue weighted by atomic mass is 79.9. The predicted molar refractivity (Wildman–Crippen MR) is 48.8 cm³/mol. The molecule has 1 rings (SSSR count). The van der Waals surface area contributed by atoms with E-state index in [-0.39, 0.29) is 0 Å². The fraction of sp³-hybridized carbons (Fsp3) is 0.250. The fourth-order valence-corrected chi connectivity index (χ4v) is 1.26. The van der Waals surface area contributed by atoms with Crippen LogP contribution in [0.3, 0.4) is 0 Å². The van der Waals surface area contributed by atoms with Crippen LogP contribution >= 0.6 is 27.5 Å². The minimum absolute atomic E-state index is 0.838. The number of benzene rings is 1. The monoisotopic (exact) mass is 218 g/mol. The molecule has 0 heterocycles. The van der Waals surface area contributed by atoms with E-state index in [1.807, 2.05) is 19.1 Å². The van der Waals surface area contributed by atoms with Crippen molar-refractivity contribution < 1.29 is 0 Å². The normalized spacial score (nSPS) is 9.90. The molecular formula is C8H8BrCl. The Morgan fingerprint density at radius 3 is 2.70 bits per heavy atom. The highest BCUT2D eigenvalue weighted by Gasteiger charge is 1.94. The number of alkyl halides is 1. The Morgan fingerprint density at radius 2 is 2.20 bits per heavy atom. The van der Waals surface area contributed by atoms with Crippen LogP contribution in [-0.4, -0.2) is 0 Å². The van der Waals surface area contributed by atoms with Crippen molar-refractivity contribution in [2.75, 3.05) is 0 Å². The van der Waals surface area contributed by atoms with Crippen molar-refractivity contribution in [3.8, 4) is 0 Å². The minimum Gasteiger partial charge on any atom is -0.0876 e. The van der Waals surface area contributed by atoms with Crippen LogP contribution in [0.1, 0.15) is 11.1 Å². The maximum absolute atomic E-state index is 5.82. The molecule has 0 nitrogen and oxygen atoms in total. The molecule has 1 aromatic rings. The molecule has 0 fully saturated rings. The van der Waals surface area contributed by atoms with Crippen LogP contribution in [0.4, 0.5) is 0 Å². The van der Waals surface area contributed by atoms with Gasteiger partial charge in [0, 0.05) is 10.4 Å². The van der Waals surface area contributed by atoms with E-state index < -0.39 is 0 Å². The second-order valence-corrected chi connectivity index (χ2v) is 3.19. The highest BCUT2D eigenvalue weighted by molar-refractivity contribution is 9.08. The molecule has 0 radical (unpaired) electrons. The Kier molecular flexibility index (Phi) is 2.75. The zero-order valence-electron chi connectivity index (χ0n) is 5.70. The molecule has 0 aromatic heterocycles. The van der Waals surface area contributed by atoms with Gasteiger partial charge in [-0.2, -0.15) is 0 Å². The van der Waals surface area contributed by atoms with Gasteiger partial charge in [0.25, 0.3) is 0 Å². The summed E-state index contributed by atoms with van der Waals surface area (Å²) in [5, 5.41) is 1.73. The maximum atomic E-state index is 5.82. The second kappa shape index (κ2) is 3.40.